The van der Waals surface area contributed by atoms with Crippen LogP contribution in [0.15, 0.2) is 28.7 Å². The standard InChI is InChI=1S/C18H23NO4S/c1-12-13-8-4-6-10-15(13)23-17(12)18(20)19(2)14-9-5-7-11-16(14)24(3,21)22/h4,6,8,10,14,16H,5,7,9,11H2,1-3H3/t14-,16-/m1/s1. The number of fused-ring (bicyclic) bond motifs is 1. The molecule has 3 rings (SSSR count). The number of carbonyl (C=O) groups is 1. The number of hydrogen-bond acceptors (Lipinski definition) is 4. The predicted octanol–water partition coefficient (Wildman–Crippen LogP) is 3.17. The van der Waals surface area contributed by atoms with E-state index in [0.717, 1.165) is 23.8 Å². The lowest BCUT2D eigenvalue weighted by molar-refractivity contribution is 0.0669. The van der Waals surface area contributed by atoms with Gasteiger partial charge in [-0.15, -0.1) is 0 Å². The van der Waals surface area contributed by atoms with Crippen molar-refractivity contribution >= 4 is 26.7 Å². The third-order valence-electron chi connectivity index (χ3n) is 5.07. The average molecular weight is 349 g/mol. The van der Waals surface area contributed by atoms with Gasteiger partial charge < -0.3 is 9.32 Å². The van der Waals surface area contributed by atoms with E-state index in [1.807, 2.05) is 31.2 Å². The van der Waals surface area contributed by atoms with Crippen LogP contribution in [0.2, 0.25) is 0 Å². The number of carbonyl (C=O) groups excluding carboxylic acids is 1. The molecule has 1 aromatic heterocycles. The lowest BCUT2D eigenvalue weighted by Gasteiger charge is -2.36. The van der Waals surface area contributed by atoms with Crippen LogP contribution in [0.25, 0.3) is 11.0 Å². The zero-order valence-corrected chi connectivity index (χ0v) is 15.1. The molecule has 0 spiro atoms. The summed E-state index contributed by atoms with van der Waals surface area (Å²) >= 11 is 0. The van der Waals surface area contributed by atoms with Crippen LogP contribution in [0.1, 0.15) is 41.8 Å². The molecule has 1 aliphatic carbocycles. The Morgan fingerprint density at radius 1 is 1.21 bits per heavy atom. The summed E-state index contributed by atoms with van der Waals surface area (Å²) in [6.07, 6.45) is 4.41. The number of sulfone groups is 1. The molecule has 2 aromatic rings. The Morgan fingerprint density at radius 2 is 1.88 bits per heavy atom. The van der Waals surface area contributed by atoms with E-state index in [4.69, 9.17) is 4.42 Å². The second-order valence-corrected chi connectivity index (χ2v) is 8.95. The maximum absolute atomic E-state index is 12.9. The second kappa shape index (κ2) is 6.24. The molecule has 1 fully saturated rings. The maximum atomic E-state index is 12.9. The average Bonchev–Trinajstić information content (AvgIpc) is 2.90. The molecular formula is C18H23NO4S. The van der Waals surface area contributed by atoms with Crippen molar-refractivity contribution in [1.29, 1.82) is 0 Å². The van der Waals surface area contributed by atoms with Gasteiger partial charge in [0, 0.05) is 30.3 Å². The second-order valence-electron chi connectivity index (χ2n) is 6.69. The third kappa shape index (κ3) is 2.95. The molecule has 0 bridgehead atoms. The molecule has 0 radical (unpaired) electrons. The van der Waals surface area contributed by atoms with Gasteiger partial charge in [0.1, 0.15) is 5.58 Å². The number of benzene rings is 1. The predicted molar refractivity (Wildman–Crippen MR) is 93.9 cm³/mol. The fraction of sp³-hybridized carbons (Fsp3) is 0.500. The maximum Gasteiger partial charge on any atom is 0.289 e. The number of rotatable bonds is 3. The number of furan rings is 1. The molecule has 0 saturated heterocycles. The van der Waals surface area contributed by atoms with Gasteiger partial charge in [0.2, 0.25) is 0 Å². The van der Waals surface area contributed by atoms with Crippen LogP contribution in [-0.4, -0.2) is 43.8 Å². The fourth-order valence-electron chi connectivity index (χ4n) is 3.71. The topological polar surface area (TPSA) is 67.6 Å². The van der Waals surface area contributed by atoms with E-state index in [1.165, 1.54) is 6.26 Å². The molecule has 1 saturated carbocycles. The monoisotopic (exact) mass is 349 g/mol. The first kappa shape index (κ1) is 17.0. The Hall–Kier alpha value is -1.82. The summed E-state index contributed by atoms with van der Waals surface area (Å²) in [5.74, 6) is 0.0563. The van der Waals surface area contributed by atoms with Crippen molar-refractivity contribution in [3.05, 3.63) is 35.6 Å². The Balaban J connectivity index is 1.94. The summed E-state index contributed by atoms with van der Waals surface area (Å²) in [6, 6.07) is 7.23. The van der Waals surface area contributed by atoms with Crippen molar-refractivity contribution in [1.82, 2.24) is 4.90 Å². The summed E-state index contributed by atoms with van der Waals surface area (Å²) in [7, 11) is -1.51. The van der Waals surface area contributed by atoms with Crippen LogP contribution in [0, 0.1) is 6.92 Å². The first-order valence-electron chi connectivity index (χ1n) is 8.25. The number of aryl methyl sites for hydroxylation is 1. The zero-order valence-electron chi connectivity index (χ0n) is 14.3. The van der Waals surface area contributed by atoms with E-state index < -0.39 is 15.1 Å². The molecule has 24 heavy (non-hydrogen) atoms. The first-order valence-corrected chi connectivity index (χ1v) is 10.2. The Labute approximate surface area is 142 Å². The van der Waals surface area contributed by atoms with Gasteiger partial charge in [-0.25, -0.2) is 8.42 Å². The molecule has 1 heterocycles. The fourth-order valence-corrected chi connectivity index (χ4v) is 5.19. The Morgan fingerprint density at radius 3 is 2.54 bits per heavy atom. The van der Waals surface area contributed by atoms with Crippen LogP contribution >= 0.6 is 0 Å². The van der Waals surface area contributed by atoms with E-state index in [1.54, 1.807) is 11.9 Å². The first-order chi connectivity index (χ1) is 11.3. The van der Waals surface area contributed by atoms with Gasteiger partial charge in [-0.1, -0.05) is 31.0 Å². The molecule has 0 unspecified atom stereocenters. The lowest BCUT2D eigenvalue weighted by atomic mass is 9.93. The number of amides is 1. The minimum atomic E-state index is -3.20. The van der Waals surface area contributed by atoms with Crippen LogP contribution in [0.3, 0.4) is 0 Å². The Bertz CT molecular complexity index is 868. The van der Waals surface area contributed by atoms with Crippen LogP contribution in [-0.2, 0) is 9.84 Å². The molecular weight excluding hydrogens is 326 g/mol. The van der Waals surface area contributed by atoms with Crippen LogP contribution in [0.5, 0.6) is 0 Å². The largest absolute Gasteiger partial charge is 0.451 e. The van der Waals surface area contributed by atoms with E-state index in [2.05, 4.69) is 0 Å². The molecule has 1 amide bonds. The van der Waals surface area contributed by atoms with Gasteiger partial charge >= 0.3 is 0 Å². The normalized spacial score (nSPS) is 21.8. The molecule has 0 N–H and O–H groups in total. The van der Waals surface area contributed by atoms with Gasteiger partial charge in [-0.2, -0.15) is 0 Å². The Kier molecular flexibility index (Phi) is 4.42. The third-order valence-corrected chi connectivity index (χ3v) is 6.72. The van der Waals surface area contributed by atoms with Crippen molar-refractivity contribution in [2.45, 2.75) is 43.9 Å². The van der Waals surface area contributed by atoms with Gasteiger partial charge in [-0.05, 0) is 25.8 Å². The molecule has 1 aromatic carbocycles. The van der Waals surface area contributed by atoms with Gasteiger partial charge in [0.25, 0.3) is 5.91 Å². The van der Waals surface area contributed by atoms with Crippen molar-refractivity contribution in [3.8, 4) is 0 Å². The lowest BCUT2D eigenvalue weighted by Crippen LogP contribution is -2.49. The molecule has 6 heteroatoms. The summed E-state index contributed by atoms with van der Waals surface area (Å²) in [5.41, 5.74) is 1.48. The zero-order chi connectivity index (χ0) is 17.5. The summed E-state index contributed by atoms with van der Waals surface area (Å²) in [4.78, 5) is 14.5. The van der Waals surface area contributed by atoms with E-state index in [-0.39, 0.29) is 11.9 Å². The van der Waals surface area contributed by atoms with Crippen LogP contribution in [0.4, 0.5) is 0 Å². The SMILES string of the molecule is Cc1c(C(=O)N(C)[C@@H]2CCCC[C@H]2S(C)(=O)=O)oc2ccccc12. The highest BCUT2D eigenvalue weighted by atomic mass is 32.2. The molecule has 130 valence electrons. The smallest absolute Gasteiger partial charge is 0.289 e. The molecule has 2 atom stereocenters. The molecule has 5 nitrogen and oxygen atoms in total. The molecule has 1 aliphatic rings. The van der Waals surface area contributed by atoms with Crippen molar-refractivity contribution in [2.75, 3.05) is 13.3 Å². The van der Waals surface area contributed by atoms with Gasteiger partial charge in [0.05, 0.1) is 5.25 Å². The van der Waals surface area contributed by atoms with Crippen LogP contribution < -0.4 is 0 Å². The van der Waals surface area contributed by atoms with Crippen molar-refractivity contribution < 1.29 is 17.6 Å². The van der Waals surface area contributed by atoms with E-state index in [0.29, 0.717) is 24.2 Å². The summed E-state index contributed by atoms with van der Waals surface area (Å²) in [5, 5.41) is 0.419. The number of hydrogen-bond donors (Lipinski definition) is 0. The summed E-state index contributed by atoms with van der Waals surface area (Å²) in [6.45, 7) is 1.86. The highest BCUT2D eigenvalue weighted by molar-refractivity contribution is 7.91. The van der Waals surface area contributed by atoms with E-state index >= 15 is 0 Å². The minimum absolute atomic E-state index is 0.246. The highest BCUT2D eigenvalue weighted by Gasteiger charge is 2.38. The molecule has 0 aliphatic heterocycles. The number of para-hydroxylation sites is 1. The minimum Gasteiger partial charge on any atom is -0.451 e. The van der Waals surface area contributed by atoms with E-state index in [9.17, 15) is 13.2 Å². The van der Waals surface area contributed by atoms with Crippen molar-refractivity contribution in [2.24, 2.45) is 0 Å². The van der Waals surface area contributed by atoms with Crippen molar-refractivity contribution in [3.63, 3.8) is 0 Å². The summed E-state index contributed by atoms with van der Waals surface area (Å²) < 4.78 is 30.0. The van der Waals surface area contributed by atoms with Gasteiger partial charge in [0.15, 0.2) is 15.6 Å². The van der Waals surface area contributed by atoms with Gasteiger partial charge in [-0.3, -0.25) is 4.79 Å². The number of nitrogens with zero attached hydrogens (tertiary/aromatic N) is 1. The quantitative estimate of drug-likeness (QED) is 0.853. The highest BCUT2D eigenvalue weighted by Crippen LogP contribution is 2.30.